The first-order valence-electron chi connectivity index (χ1n) is 12.4. The molecule has 1 aromatic rings. The van der Waals surface area contributed by atoms with Crippen molar-refractivity contribution in [2.45, 2.75) is 66.6 Å². The Labute approximate surface area is 225 Å². The van der Waals surface area contributed by atoms with Gasteiger partial charge in [0.25, 0.3) is 0 Å². The van der Waals surface area contributed by atoms with Crippen LogP contribution >= 0.6 is 27.7 Å². The summed E-state index contributed by atoms with van der Waals surface area (Å²) in [4.78, 5) is 45.2. The van der Waals surface area contributed by atoms with Crippen LogP contribution in [0.4, 0.5) is 0 Å². The number of nitrogens with zero attached hydrogens (tertiary/aromatic N) is 2. The van der Waals surface area contributed by atoms with Gasteiger partial charge in [0.05, 0.1) is 35.8 Å². The Hall–Kier alpha value is -1.84. The quantitative estimate of drug-likeness (QED) is 0.288. The lowest BCUT2D eigenvalue weighted by molar-refractivity contribution is -0.154. The molecule has 3 unspecified atom stereocenters. The molecule has 1 N–H and O–H groups in total. The number of benzene rings is 1. The minimum atomic E-state index is -0.846. The molecule has 36 heavy (non-hydrogen) atoms. The van der Waals surface area contributed by atoms with Crippen molar-refractivity contribution >= 4 is 45.5 Å². The highest BCUT2D eigenvalue weighted by Gasteiger charge is 2.77. The maximum absolute atomic E-state index is 14.5. The molecule has 7 atom stereocenters. The average Bonchev–Trinajstić information content (AvgIpc) is 3.42. The molecule has 0 radical (unpaired) electrons. The second-order valence-electron chi connectivity index (χ2n) is 10.7. The van der Waals surface area contributed by atoms with E-state index in [1.165, 1.54) is 0 Å². The molecule has 3 aliphatic rings. The number of carbonyl (C=O) groups is 3. The summed E-state index contributed by atoms with van der Waals surface area (Å²) in [7, 11) is 0. The number of fused-ring (bicyclic) bond motifs is 1. The monoisotopic (exact) mass is 578 g/mol. The Bertz CT molecular complexity index is 1030. The number of alkyl halides is 1. The Kier molecular flexibility index (Phi) is 7.66. The molecule has 0 aliphatic carbocycles. The highest BCUT2D eigenvalue weighted by Crippen LogP contribution is 2.68. The molecule has 3 heterocycles. The van der Waals surface area contributed by atoms with Gasteiger partial charge in [0.1, 0.15) is 6.04 Å². The van der Waals surface area contributed by atoms with E-state index in [0.717, 1.165) is 5.56 Å². The van der Waals surface area contributed by atoms with Crippen molar-refractivity contribution in [3.63, 3.8) is 0 Å². The fraction of sp³-hybridized carbons (Fsp3) is 0.593. The van der Waals surface area contributed by atoms with Crippen LogP contribution in [0.15, 0.2) is 43.0 Å². The highest BCUT2D eigenvalue weighted by atomic mass is 79.9. The van der Waals surface area contributed by atoms with E-state index in [-0.39, 0.29) is 35.1 Å². The molecule has 7 nitrogen and oxygen atoms in total. The zero-order valence-corrected chi connectivity index (χ0v) is 23.6. The summed E-state index contributed by atoms with van der Waals surface area (Å²) in [5.41, 5.74) is 0.224. The number of thioether (sulfide) groups is 1. The first-order chi connectivity index (χ1) is 17.0. The lowest BCUT2D eigenvalue weighted by Crippen LogP contribution is -2.59. The van der Waals surface area contributed by atoms with E-state index in [4.69, 9.17) is 4.74 Å². The van der Waals surface area contributed by atoms with Crippen LogP contribution in [0.1, 0.15) is 45.7 Å². The standard InChI is InChI=1S/C27H35BrN2O5S/c1-6-13-29(26(3,4)5)24(33)22-27-14-17(28)21(36-27)19(25(34)35-7-2)20(27)23(32)30(22)18(15-31)16-11-9-8-10-12-16/h6,8-12,17-22,31H,1,7,13-15H2,2-5H3/t17?,18-,19+,20+,21+,22?,27?/m1/s1. The third kappa shape index (κ3) is 4.21. The first kappa shape index (κ1) is 27.2. The number of hydrogen-bond donors (Lipinski definition) is 1. The van der Waals surface area contributed by atoms with E-state index < -0.39 is 40.2 Å². The van der Waals surface area contributed by atoms with Crippen LogP contribution in [0.2, 0.25) is 0 Å². The average molecular weight is 580 g/mol. The van der Waals surface area contributed by atoms with Gasteiger partial charge in [-0.2, -0.15) is 0 Å². The molecule has 196 valence electrons. The van der Waals surface area contributed by atoms with Crippen LogP contribution in [0.25, 0.3) is 0 Å². The maximum Gasteiger partial charge on any atom is 0.310 e. The number of rotatable bonds is 8. The predicted molar refractivity (Wildman–Crippen MR) is 144 cm³/mol. The van der Waals surface area contributed by atoms with Gasteiger partial charge < -0.3 is 19.6 Å². The van der Waals surface area contributed by atoms with E-state index in [1.54, 1.807) is 34.6 Å². The van der Waals surface area contributed by atoms with E-state index in [1.807, 2.05) is 51.1 Å². The van der Waals surface area contributed by atoms with E-state index in [2.05, 4.69) is 22.5 Å². The van der Waals surface area contributed by atoms with Gasteiger partial charge in [-0.05, 0) is 39.7 Å². The molecule has 9 heteroatoms. The Morgan fingerprint density at radius 1 is 1.36 bits per heavy atom. The number of aliphatic hydroxyl groups excluding tert-OH is 1. The van der Waals surface area contributed by atoms with Crippen molar-refractivity contribution in [1.82, 2.24) is 9.80 Å². The Balaban J connectivity index is 1.89. The van der Waals surface area contributed by atoms with Crippen LogP contribution in [-0.2, 0) is 19.1 Å². The Morgan fingerprint density at radius 3 is 2.58 bits per heavy atom. The number of ether oxygens (including phenoxy) is 1. The molecular formula is C27H35BrN2O5S. The first-order valence-corrected chi connectivity index (χ1v) is 14.2. The molecule has 1 aromatic carbocycles. The van der Waals surface area contributed by atoms with Crippen molar-refractivity contribution in [1.29, 1.82) is 0 Å². The fourth-order valence-electron chi connectivity index (χ4n) is 6.19. The fourth-order valence-corrected chi connectivity index (χ4v) is 9.77. The molecule has 0 aromatic heterocycles. The van der Waals surface area contributed by atoms with Crippen LogP contribution in [-0.4, -0.2) is 78.9 Å². The number of aliphatic hydroxyl groups is 1. The largest absolute Gasteiger partial charge is 0.466 e. The van der Waals surface area contributed by atoms with Crippen LogP contribution in [0.3, 0.4) is 0 Å². The SMILES string of the molecule is C=CCN(C(=O)C1N([C@H](CO)c2ccccc2)C(=O)[C@@H]2[C@H](C(=O)OCC)[C@H]3SC12CC3Br)C(C)(C)C. The molecule has 3 saturated heterocycles. The summed E-state index contributed by atoms with van der Waals surface area (Å²) in [5, 5.41) is 10.4. The van der Waals surface area contributed by atoms with Gasteiger partial charge >= 0.3 is 5.97 Å². The number of amides is 2. The molecular weight excluding hydrogens is 544 g/mol. The van der Waals surface area contributed by atoms with Gasteiger partial charge in [-0.1, -0.05) is 52.3 Å². The maximum atomic E-state index is 14.5. The number of hydrogen-bond acceptors (Lipinski definition) is 6. The number of likely N-dealkylation sites (tertiary alicyclic amines) is 1. The molecule has 2 amide bonds. The lowest BCUT2D eigenvalue weighted by atomic mass is 9.71. The van der Waals surface area contributed by atoms with Crippen molar-refractivity contribution in [3.8, 4) is 0 Å². The van der Waals surface area contributed by atoms with Gasteiger partial charge in [-0.3, -0.25) is 14.4 Å². The summed E-state index contributed by atoms with van der Waals surface area (Å²) in [6, 6.07) is 7.72. The molecule has 2 bridgehead atoms. The highest BCUT2D eigenvalue weighted by molar-refractivity contribution is 9.09. The van der Waals surface area contributed by atoms with E-state index >= 15 is 0 Å². The summed E-state index contributed by atoms with van der Waals surface area (Å²) in [6.45, 7) is 11.7. The van der Waals surface area contributed by atoms with Gasteiger partial charge in [0.2, 0.25) is 11.8 Å². The molecule has 1 spiro atoms. The van der Waals surface area contributed by atoms with Crippen molar-refractivity contribution in [3.05, 3.63) is 48.6 Å². The van der Waals surface area contributed by atoms with Gasteiger partial charge in [-0.25, -0.2) is 0 Å². The summed E-state index contributed by atoms with van der Waals surface area (Å²) in [6.07, 6.45) is 2.26. The van der Waals surface area contributed by atoms with Crippen LogP contribution < -0.4 is 0 Å². The second-order valence-corrected chi connectivity index (χ2v) is 13.4. The minimum absolute atomic E-state index is 0.0389. The van der Waals surface area contributed by atoms with Crippen molar-refractivity contribution in [2.24, 2.45) is 11.8 Å². The third-order valence-corrected chi connectivity index (χ3v) is 10.8. The molecule has 3 fully saturated rings. The number of carbonyl (C=O) groups excluding carboxylic acids is 3. The second kappa shape index (κ2) is 10.1. The predicted octanol–water partition coefficient (Wildman–Crippen LogP) is 3.56. The van der Waals surface area contributed by atoms with Crippen molar-refractivity contribution in [2.75, 3.05) is 19.8 Å². The zero-order chi connectivity index (χ0) is 26.4. The van der Waals surface area contributed by atoms with Crippen LogP contribution in [0, 0.1) is 11.8 Å². The molecule has 4 rings (SSSR count). The van der Waals surface area contributed by atoms with Crippen molar-refractivity contribution < 1.29 is 24.2 Å². The Morgan fingerprint density at radius 2 is 2.03 bits per heavy atom. The van der Waals surface area contributed by atoms with E-state index in [9.17, 15) is 19.5 Å². The van der Waals surface area contributed by atoms with Gasteiger partial charge in [-0.15, -0.1) is 18.3 Å². The normalized spacial score (nSPS) is 31.8. The lowest BCUT2D eigenvalue weighted by Gasteiger charge is -2.43. The third-order valence-electron chi connectivity index (χ3n) is 7.60. The topological polar surface area (TPSA) is 87.2 Å². The summed E-state index contributed by atoms with van der Waals surface area (Å²) < 4.78 is 4.61. The molecule has 3 aliphatic heterocycles. The summed E-state index contributed by atoms with van der Waals surface area (Å²) >= 11 is 5.33. The smallest absolute Gasteiger partial charge is 0.310 e. The van der Waals surface area contributed by atoms with Gasteiger partial charge in [0, 0.05) is 22.2 Å². The summed E-state index contributed by atoms with van der Waals surface area (Å²) in [5.74, 6) is -2.20. The minimum Gasteiger partial charge on any atom is -0.466 e. The van der Waals surface area contributed by atoms with Crippen LogP contribution in [0.5, 0.6) is 0 Å². The number of esters is 1. The molecule has 0 saturated carbocycles. The van der Waals surface area contributed by atoms with Gasteiger partial charge in [0.15, 0.2) is 0 Å². The number of halogens is 1. The van der Waals surface area contributed by atoms with E-state index in [0.29, 0.717) is 13.0 Å². The zero-order valence-electron chi connectivity index (χ0n) is 21.2.